The van der Waals surface area contributed by atoms with Crippen molar-refractivity contribution in [3.63, 3.8) is 0 Å². The number of esters is 1. The van der Waals surface area contributed by atoms with Gasteiger partial charge in [-0.3, -0.25) is 0 Å². The molecule has 0 bridgehead atoms. The summed E-state index contributed by atoms with van der Waals surface area (Å²) in [5.74, 6) is -0.272. The fourth-order valence-electron chi connectivity index (χ4n) is 0.951. The molecule has 0 heterocycles. The van der Waals surface area contributed by atoms with Crippen LogP contribution in [0.15, 0.2) is 12.7 Å². The van der Waals surface area contributed by atoms with Crippen molar-refractivity contribution in [3.05, 3.63) is 12.7 Å². The van der Waals surface area contributed by atoms with Gasteiger partial charge in [0.1, 0.15) is 0 Å². The molecule has 0 aromatic rings. The van der Waals surface area contributed by atoms with Gasteiger partial charge in [-0.2, -0.15) is 0 Å². The Morgan fingerprint density at radius 2 is 2.23 bits per heavy atom. The summed E-state index contributed by atoms with van der Waals surface area (Å²) in [6.45, 7) is 8.10. The quantitative estimate of drug-likeness (QED) is 0.450. The van der Waals surface area contributed by atoms with Crippen molar-refractivity contribution in [1.82, 2.24) is 0 Å². The molecule has 1 unspecified atom stereocenters. The predicted molar refractivity (Wildman–Crippen MR) is 51.5 cm³/mol. The van der Waals surface area contributed by atoms with Gasteiger partial charge in [0.15, 0.2) is 6.10 Å². The van der Waals surface area contributed by atoms with Crippen LogP contribution in [0.3, 0.4) is 0 Å². The molecule has 0 radical (unpaired) electrons. The number of ether oxygens (including phenoxy) is 2. The highest BCUT2D eigenvalue weighted by molar-refractivity contribution is 5.74. The second-order valence-corrected chi connectivity index (χ2v) is 2.65. The largest absolute Gasteiger partial charge is 0.464 e. The van der Waals surface area contributed by atoms with Crippen molar-refractivity contribution in [2.45, 2.75) is 32.8 Å². The Hall–Kier alpha value is -0.830. The minimum absolute atomic E-state index is 0.272. The Kier molecular flexibility index (Phi) is 7.30. The molecule has 0 fully saturated rings. The highest BCUT2D eigenvalue weighted by Gasteiger charge is 2.18. The molecule has 0 amide bonds. The van der Waals surface area contributed by atoms with Gasteiger partial charge in [0, 0.05) is 0 Å². The minimum atomic E-state index is -0.428. The van der Waals surface area contributed by atoms with Gasteiger partial charge < -0.3 is 9.47 Å². The Balaban J connectivity index is 3.90. The van der Waals surface area contributed by atoms with Crippen molar-refractivity contribution >= 4 is 5.97 Å². The molecule has 0 saturated heterocycles. The summed E-state index contributed by atoms with van der Waals surface area (Å²) in [4.78, 5) is 11.3. The van der Waals surface area contributed by atoms with Crippen LogP contribution < -0.4 is 0 Å². The molecule has 0 saturated carbocycles. The summed E-state index contributed by atoms with van der Waals surface area (Å²) in [6.07, 6.45) is 2.80. The molecule has 0 aliphatic carbocycles. The summed E-state index contributed by atoms with van der Waals surface area (Å²) in [5.41, 5.74) is 0. The van der Waals surface area contributed by atoms with Crippen molar-refractivity contribution in [1.29, 1.82) is 0 Å². The lowest BCUT2D eigenvalue weighted by molar-refractivity contribution is -0.156. The van der Waals surface area contributed by atoms with E-state index in [4.69, 9.17) is 9.47 Å². The zero-order chi connectivity index (χ0) is 10.1. The molecule has 0 aromatic heterocycles. The van der Waals surface area contributed by atoms with Crippen LogP contribution in [0.25, 0.3) is 0 Å². The standard InChI is InChI=1S/C10H18O3/c1-4-7-9(13-8-5-2)10(11)12-6-3/h5,9H,2,4,6-8H2,1,3H3. The number of hydrogen-bond donors (Lipinski definition) is 0. The summed E-state index contributed by atoms with van der Waals surface area (Å²) >= 11 is 0. The molecule has 0 aliphatic heterocycles. The molecule has 3 heteroatoms. The fourth-order valence-corrected chi connectivity index (χ4v) is 0.951. The second-order valence-electron chi connectivity index (χ2n) is 2.65. The first-order valence-electron chi connectivity index (χ1n) is 4.65. The molecule has 0 aromatic carbocycles. The second kappa shape index (κ2) is 7.80. The van der Waals surface area contributed by atoms with Gasteiger partial charge >= 0.3 is 5.97 Å². The van der Waals surface area contributed by atoms with Crippen LogP contribution >= 0.6 is 0 Å². The van der Waals surface area contributed by atoms with Crippen molar-refractivity contribution in [3.8, 4) is 0 Å². The van der Waals surface area contributed by atoms with Gasteiger partial charge in [-0.05, 0) is 13.3 Å². The van der Waals surface area contributed by atoms with Crippen molar-refractivity contribution < 1.29 is 14.3 Å². The number of hydrogen-bond acceptors (Lipinski definition) is 3. The Labute approximate surface area is 79.7 Å². The van der Waals surface area contributed by atoms with Crippen LogP contribution in [0, 0.1) is 0 Å². The van der Waals surface area contributed by atoms with E-state index in [2.05, 4.69) is 6.58 Å². The summed E-state index contributed by atoms with van der Waals surface area (Å²) in [5, 5.41) is 0. The third-order valence-electron chi connectivity index (χ3n) is 1.52. The van der Waals surface area contributed by atoms with Crippen LogP contribution in [0.1, 0.15) is 26.7 Å². The zero-order valence-corrected chi connectivity index (χ0v) is 8.41. The molecule has 0 spiro atoms. The van der Waals surface area contributed by atoms with Crippen LogP contribution in [0.2, 0.25) is 0 Å². The van der Waals surface area contributed by atoms with Gasteiger partial charge in [-0.15, -0.1) is 6.58 Å². The monoisotopic (exact) mass is 186 g/mol. The first-order valence-corrected chi connectivity index (χ1v) is 4.65. The van der Waals surface area contributed by atoms with Crippen LogP contribution in [-0.2, 0) is 14.3 Å². The Morgan fingerprint density at radius 3 is 2.69 bits per heavy atom. The van der Waals surface area contributed by atoms with E-state index in [1.54, 1.807) is 13.0 Å². The van der Waals surface area contributed by atoms with Crippen LogP contribution in [-0.4, -0.2) is 25.3 Å². The molecule has 13 heavy (non-hydrogen) atoms. The highest BCUT2D eigenvalue weighted by atomic mass is 16.6. The van der Waals surface area contributed by atoms with Gasteiger partial charge in [-0.25, -0.2) is 4.79 Å². The van der Waals surface area contributed by atoms with Crippen LogP contribution in [0.4, 0.5) is 0 Å². The average Bonchev–Trinajstić information content (AvgIpc) is 2.12. The molecule has 0 aliphatic rings. The van der Waals surface area contributed by atoms with Gasteiger partial charge in [0.25, 0.3) is 0 Å². The molecule has 0 rings (SSSR count). The number of carbonyl (C=O) groups is 1. The third-order valence-corrected chi connectivity index (χ3v) is 1.52. The van der Waals surface area contributed by atoms with E-state index >= 15 is 0 Å². The summed E-state index contributed by atoms with van der Waals surface area (Å²) < 4.78 is 10.1. The average molecular weight is 186 g/mol. The van der Waals surface area contributed by atoms with E-state index in [0.29, 0.717) is 19.6 Å². The number of rotatable bonds is 7. The lowest BCUT2D eigenvalue weighted by atomic mass is 10.2. The van der Waals surface area contributed by atoms with E-state index < -0.39 is 6.10 Å². The van der Waals surface area contributed by atoms with Gasteiger partial charge in [0.2, 0.25) is 0 Å². The topological polar surface area (TPSA) is 35.5 Å². The van der Waals surface area contributed by atoms with Gasteiger partial charge in [-0.1, -0.05) is 19.4 Å². The van der Waals surface area contributed by atoms with Crippen LogP contribution in [0.5, 0.6) is 0 Å². The maximum atomic E-state index is 11.3. The molecular formula is C10H18O3. The third kappa shape index (κ3) is 5.42. The lowest BCUT2D eigenvalue weighted by Crippen LogP contribution is -2.26. The maximum Gasteiger partial charge on any atom is 0.335 e. The Morgan fingerprint density at radius 1 is 1.54 bits per heavy atom. The molecule has 76 valence electrons. The highest BCUT2D eigenvalue weighted by Crippen LogP contribution is 2.04. The first-order chi connectivity index (χ1) is 6.26. The van der Waals surface area contributed by atoms with E-state index in [9.17, 15) is 4.79 Å². The van der Waals surface area contributed by atoms with Crippen molar-refractivity contribution in [2.75, 3.05) is 13.2 Å². The van der Waals surface area contributed by atoms with Gasteiger partial charge in [0.05, 0.1) is 13.2 Å². The zero-order valence-electron chi connectivity index (χ0n) is 8.41. The fraction of sp³-hybridized carbons (Fsp3) is 0.700. The molecule has 1 atom stereocenters. The molecular weight excluding hydrogens is 168 g/mol. The summed E-state index contributed by atoms with van der Waals surface area (Å²) in [7, 11) is 0. The normalized spacial score (nSPS) is 12.2. The maximum absolute atomic E-state index is 11.3. The number of carbonyl (C=O) groups excluding carboxylic acids is 1. The van der Waals surface area contributed by atoms with Crippen molar-refractivity contribution in [2.24, 2.45) is 0 Å². The smallest absolute Gasteiger partial charge is 0.335 e. The first kappa shape index (κ1) is 12.2. The minimum Gasteiger partial charge on any atom is -0.464 e. The molecule has 3 nitrogen and oxygen atoms in total. The summed E-state index contributed by atoms with van der Waals surface area (Å²) in [6, 6.07) is 0. The van der Waals surface area contributed by atoms with E-state index in [-0.39, 0.29) is 5.97 Å². The SMILES string of the molecule is C=CCOC(CCC)C(=O)OCC. The Bertz CT molecular complexity index is 154. The van der Waals surface area contributed by atoms with E-state index in [1.165, 1.54) is 0 Å². The molecule has 0 N–H and O–H groups in total. The predicted octanol–water partition coefficient (Wildman–Crippen LogP) is 1.92. The van der Waals surface area contributed by atoms with E-state index in [1.807, 2.05) is 6.92 Å². The van der Waals surface area contributed by atoms with E-state index in [0.717, 1.165) is 6.42 Å². The lowest BCUT2D eigenvalue weighted by Gasteiger charge is -2.14.